The van der Waals surface area contributed by atoms with Crippen LogP contribution in [0.15, 0.2) is 30.3 Å². The fourth-order valence-corrected chi connectivity index (χ4v) is 1.74. The molecule has 3 N–H and O–H groups in total. The number of hydrogen-bond donors (Lipinski definition) is 3. The zero-order valence-corrected chi connectivity index (χ0v) is 11.1. The van der Waals surface area contributed by atoms with Gasteiger partial charge in [0.25, 0.3) is 0 Å². The lowest BCUT2D eigenvalue weighted by Gasteiger charge is -2.14. The number of amides is 1. The number of nitrogens with one attached hydrogen (secondary N) is 2. The van der Waals surface area contributed by atoms with E-state index in [0.29, 0.717) is 19.3 Å². The van der Waals surface area contributed by atoms with Gasteiger partial charge in [0.15, 0.2) is 0 Å². The van der Waals surface area contributed by atoms with E-state index in [9.17, 15) is 9.59 Å². The summed E-state index contributed by atoms with van der Waals surface area (Å²) < 4.78 is 0. The molecule has 1 aromatic rings. The van der Waals surface area contributed by atoms with Crippen molar-refractivity contribution in [3.05, 3.63) is 35.9 Å². The van der Waals surface area contributed by atoms with Crippen molar-refractivity contribution in [1.29, 1.82) is 0 Å². The zero-order chi connectivity index (χ0) is 14.1. The van der Waals surface area contributed by atoms with Crippen LogP contribution in [-0.2, 0) is 16.0 Å². The molecule has 5 nitrogen and oxygen atoms in total. The third-order valence-electron chi connectivity index (χ3n) is 2.75. The van der Waals surface area contributed by atoms with E-state index >= 15 is 0 Å². The Morgan fingerprint density at radius 3 is 2.53 bits per heavy atom. The maximum absolute atomic E-state index is 11.6. The molecular weight excluding hydrogens is 244 g/mol. The Hall–Kier alpha value is -1.88. The minimum Gasteiger partial charge on any atom is -0.480 e. The number of hydrogen-bond acceptors (Lipinski definition) is 3. The van der Waals surface area contributed by atoms with E-state index < -0.39 is 12.0 Å². The summed E-state index contributed by atoms with van der Waals surface area (Å²) in [5.74, 6) is -1.23. The fraction of sp³-hybridized carbons (Fsp3) is 0.429. The van der Waals surface area contributed by atoms with Crippen molar-refractivity contribution in [2.24, 2.45) is 0 Å². The summed E-state index contributed by atoms with van der Waals surface area (Å²) in [5.41, 5.74) is 0.894. The van der Waals surface area contributed by atoms with Crippen molar-refractivity contribution >= 4 is 11.9 Å². The van der Waals surface area contributed by atoms with Crippen molar-refractivity contribution in [2.75, 3.05) is 13.6 Å². The molecule has 0 saturated carbocycles. The van der Waals surface area contributed by atoms with Gasteiger partial charge in [0.2, 0.25) is 5.91 Å². The van der Waals surface area contributed by atoms with Crippen LogP contribution in [0.3, 0.4) is 0 Å². The van der Waals surface area contributed by atoms with Gasteiger partial charge < -0.3 is 15.7 Å². The lowest BCUT2D eigenvalue weighted by atomic mass is 10.1. The normalized spacial score (nSPS) is 11.8. The molecule has 1 rings (SSSR count). The van der Waals surface area contributed by atoms with Gasteiger partial charge in [-0.1, -0.05) is 30.3 Å². The van der Waals surface area contributed by atoms with Gasteiger partial charge in [0, 0.05) is 12.8 Å². The highest BCUT2D eigenvalue weighted by Gasteiger charge is 2.19. The van der Waals surface area contributed by atoms with Crippen molar-refractivity contribution < 1.29 is 14.7 Å². The van der Waals surface area contributed by atoms with Crippen LogP contribution in [0.25, 0.3) is 0 Å². The molecule has 1 amide bonds. The molecule has 19 heavy (non-hydrogen) atoms. The van der Waals surface area contributed by atoms with E-state index in [0.717, 1.165) is 12.1 Å². The molecule has 0 saturated heterocycles. The summed E-state index contributed by atoms with van der Waals surface area (Å²) in [6, 6.07) is 8.40. The SMILES string of the molecule is CNCCCC(=O)N[C@@H](Cc1ccccc1)C(=O)O. The Morgan fingerprint density at radius 1 is 1.26 bits per heavy atom. The Balaban J connectivity index is 2.49. The topological polar surface area (TPSA) is 78.4 Å². The Bertz CT molecular complexity index is 406. The molecule has 0 spiro atoms. The van der Waals surface area contributed by atoms with Crippen molar-refractivity contribution in [2.45, 2.75) is 25.3 Å². The van der Waals surface area contributed by atoms with E-state index in [-0.39, 0.29) is 5.91 Å². The standard InChI is InChI=1S/C14H20N2O3/c1-15-9-5-8-13(17)16-12(14(18)19)10-11-6-3-2-4-7-11/h2-4,6-7,12,15H,5,8-10H2,1H3,(H,16,17)(H,18,19)/t12-/m0/s1. The van der Waals surface area contributed by atoms with Crippen LogP contribution >= 0.6 is 0 Å². The second-order valence-corrected chi connectivity index (χ2v) is 4.36. The van der Waals surface area contributed by atoms with Crippen LogP contribution in [-0.4, -0.2) is 36.6 Å². The number of carboxylic acids is 1. The van der Waals surface area contributed by atoms with Gasteiger partial charge in [-0.2, -0.15) is 0 Å². The quantitative estimate of drug-likeness (QED) is 0.607. The van der Waals surface area contributed by atoms with Crippen LogP contribution in [0.5, 0.6) is 0 Å². The van der Waals surface area contributed by atoms with Gasteiger partial charge in [-0.05, 0) is 25.6 Å². The second-order valence-electron chi connectivity index (χ2n) is 4.36. The minimum atomic E-state index is -1.01. The number of rotatable bonds is 8. The van der Waals surface area contributed by atoms with Gasteiger partial charge in [0.1, 0.15) is 6.04 Å². The summed E-state index contributed by atoms with van der Waals surface area (Å²) >= 11 is 0. The van der Waals surface area contributed by atoms with Gasteiger partial charge in [-0.25, -0.2) is 4.79 Å². The first kappa shape index (κ1) is 15.2. The number of carbonyl (C=O) groups is 2. The number of aliphatic carboxylic acids is 1. The molecule has 1 aromatic carbocycles. The maximum Gasteiger partial charge on any atom is 0.326 e. The van der Waals surface area contributed by atoms with Gasteiger partial charge in [-0.15, -0.1) is 0 Å². The van der Waals surface area contributed by atoms with Crippen LogP contribution in [0, 0.1) is 0 Å². The molecular formula is C14H20N2O3. The van der Waals surface area contributed by atoms with Crippen LogP contribution in [0.4, 0.5) is 0 Å². The first-order valence-electron chi connectivity index (χ1n) is 6.34. The van der Waals surface area contributed by atoms with E-state index in [1.165, 1.54) is 0 Å². The summed E-state index contributed by atoms with van der Waals surface area (Å²) in [4.78, 5) is 22.8. The molecule has 0 aliphatic carbocycles. The number of carboxylic acid groups (broad SMARTS) is 1. The Labute approximate surface area is 113 Å². The molecule has 0 fully saturated rings. The molecule has 1 atom stereocenters. The fourth-order valence-electron chi connectivity index (χ4n) is 1.74. The van der Waals surface area contributed by atoms with Crippen LogP contribution < -0.4 is 10.6 Å². The summed E-state index contributed by atoms with van der Waals surface area (Å²) in [7, 11) is 1.81. The largest absolute Gasteiger partial charge is 0.480 e. The van der Waals surface area contributed by atoms with Crippen molar-refractivity contribution in [3.63, 3.8) is 0 Å². The highest BCUT2D eigenvalue weighted by atomic mass is 16.4. The van der Waals surface area contributed by atoms with E-state index in [1.807, 2.05) is 37.4 Å². The molecule has 5 heteroatoms. The van der Waals surface area contributed by atoms with Gasteiger partial charge in [0.05, 0.1) is 0 Å². The average Bonchev–Trinajstić information content (AvgIpc) is 2.39. The minimum absolute atomic E-state index is 0.224. The molecule has 0 aliphatic rings. The van der Waals surface area contributed by atoms with Crippen LogP contribution in [0.2, 0.25) is 0 Å². The lowest BCUT2D eigenvalue weighted by molar-refractivity contribution is -0.141. The average molecular weight is 264 g/mol. The molecule has 104 valence electrons. The maximum atomic E-state index is 11.6. The summed E-state index contributed by atoms with van der Waals surface area (Å²) in [5, 5.41) is 14.6. The zero-order valence-electron chi connectivity index (χ0n) is 11.1. The molecule has 0 aliphatic heterocycles. The Morgan fingerprint density at radius 2 is 1.95 bits per heavy atom. The smallest absolute Gasteiger partial charge is 0.326 e. The lowest BCUT2D eigenvalue weighted by Crippen LogP contribution is -2.42. The number of carbonyl (C=O) groups excluding carboxylic acids is 1. The predicted octanol–water partition coefficient (Wildman–Crippen LogP) is 0.798. The molecule has 0 aromatic heterocycles. The van der Waals surface area contributed by atoms with Crippen molar-refractivity contribution in [3.8, 4) is 0 Å². The summed E-state index contributed by atoms with van der Waals surface area (Å²) in [6.45, 7) is 0.740. The highest BCUT2D eigenvalue weighted by Crippen LogP contribution is 2.04. The highest BCUT2D eigenvalue weighted by molar-refractivity contribution is 5.83. The van der Waals surface area contributed by atoms with Crippen molar-refractivity contribution in [1.82, 2.24) is 10.6 Å². The molecule has 0 bridgehead atoms. The van der Waals surface area contributed by atoms with E-state index in [4.69, 9.17) is 5.11 Å². The van der Waals surface area contributed by atoms with Crippen LogP contribution in [0.1, 0.15) is 18.4 Å². The monoisotopic (exact) mass is 264 g/mol. The van der Waals surface area contributed by atoms with E-state index in [1.54, 1.807) is 0 Å². The summed E-state index contributed by atoms with van der Waals surface area (Å²) in [6.07, 6.45) is 1.33. The first-order valence-corrected chi connectivity index (χ1v) is 6.34. The van der Waals surface area contributed by atoms with Gasteiger partial charge >= 0.3 is 5.97 Å². The third-order valence-corrected chi connectivity index (χ3v) is 2.75. The molecule has 0 heterocycles. The predicted molar refractivity (Wildman–Crippen MR) is 72.9 cm³/mol. The molecule has 0 radical (unpaired) electrons. The van der Waals surface area contributed by atoms with Gasteiger partial charge in [-0.3, -0.25) is 4.79 Å². The first-order chi connectivity index (χ1) is 9.13. The second kappa shape index (κ2) is 8.26. The van der Waals surface area contributed by atoms with E-state index in [2.05, 4.69) is 10.6 Å². The number of benzene rings is 1. The molecule has 0 unspecified atom stereocenters. The Kier molecular flexibility index (Phi) is 6.60. The third kappa shape index (κ3) is 6.01.